The molecule has 0 radical (unpaired) electrons. The van der Waals surface area contributed by atoms with Crippen molar-refractivity contribution in [2.45, 2.75) is 6.92 Å². The van der Waals surface area contributed by atoms with Gasteiger partial charge in [-0.2, -0.15) is 0 Å². The van der Waals surface area contributed by atoms with Crippen molar-refractivity contribution in [2.75, 3.05) is 25.9 Å². The Morgan fingerprint density at radius 2 is 2.11 bits per heavy atom. The minimum Gasteiger partial charge on any atom is -0.398 e. The SMILES string of the molecule is CCNC(=O)CN(C)C(=O)c1cc(Br)ccc1N. The third-order valence-electron chi connectivity index (χ3n) is 2.35. The highest BCUT2D eigenvalue weighted by atomic mass is 79.9. The lowest BCUT2D eigenvalue weighted by molar-refractivity contribution is -0.121. The molecule has 0 atom stereocenters. The fraction of sp³-hybridized carbons (Fsp3) is 0.333. The van der Waals surface area contributed by atoms with Gasteiger partial charge in [-0.3, -0.25) is 9.59 Å². The van der Waals surface area contributed by atoms with E-state index in [4.69, 9.17) is 5.73 Å². The molecular formula is C12H16BrN3O2. The predicted molar refractivity (Wildman–Crippen MR) is 74.2 cm³/mol. The van der Waals surface area contributed by atoms with E-state index in [1.54, 1.807) is 25.2 Å². The van der Waals surface area contributed by atoms with E-state index in [1.807, 2.05) is 6.92 Å². The molecule has 18 heavy (non-hydrogen) atoms. The minimum absolute atomic E-state index is 0.0125. The summed E-state index contributed by atoms with van der Waals surface area (Å²) in [6.07, 6.45) is 0. The van der Waals surface area contributed by atoms with Crippen LogP contribution in [0.3, 0.4) is 0 Å². The quantitative estimate of drug-likeness (QED) is 0.821. The summed E-state index contributed by atoms with van der Waals surface area (Å²) >= 11 is 3.28. The number of likely N-dealkylation sites (N-methyl/N-ethyl adjacent to an activating group) is 2. The zero-order valence-electron chi connectivity index (χ0n) is 10.4. The number of carbonyl (C=O) groups is 2. The molecule has 1 aromatic carbocycles. The van der Waals surface area contributed by atoms with Crippen molar-refractivity contribution < 1.29 is 9.59 Å². The number of nitrogens with two attached hydrogens (primary N) is 1. The third-order valence-corrected chi connectivity index (χ3v) is 2.84. The summed E-state index contributed by atoms with van der Waals surface area (Å²) in [7, 11) is 1.57. The van der Waals surface area contributed by atoms with Crippen molar-refractivity contribution >= 4 is 33.4 Å². The van der Waals surface area contributed by atoms with Crippen LogP contribution >= 0.6 is 15.9 Å². The van der Waals surface area contributed by atoms with Crippen molar-refractivity contribution in [3.05, 3.63) is 28.2 Å². The molecule has 1 aromatic rings. The van der Waals surface area contributed by atoms with Crippen molar-refractivity contribution in [3.8, 4) is 0 Å². The second-order valence-electron chi connectivity index (χ2n) is 3.85. The maximum Gasteiger partial charge on any atom is 0.256 e. The first-order valence-corrected chi connectivity index (χ1v) is 6.32. The standard InChI is InChI=1S/C12H16BrN3O2/c1-3-15-11(17)7-16(2)12(18)9-6-8(13)4-5-10(9)14/h4-6H,3,7,14H2,1-2H3,(H,15,17). The number of rotatable bonds is 4. The van der Waals surface area contributed by atoms with Crippen LogP contribution < -0.4 is 11.1 Å². The largest absolute Gasteiger partial charge is 0.398 e. The molecule has 0 saturated carbocycles. The third kappa shape index (κ3) is 3.73. The van der Waals surface area contributed by atoms with Gasteiger partial charge >= 0.3 is 0 Å². The normalized spacial score (nSPS) is 9.94. The average molecular weight is 314 g/mol. The Labute approximate surface area is 114 Å². The number of nitrogens with one attached hydrogen (secondary N) is 1. The molecule has 1 rings (SSSR count). The fourth-order valence-corrected chi connectivity index (χ4v) is 1.82. The van der Waals surface area contributed by atoms with Gasteiger partial charge in [0.25, 0.3) is 5.91 Å². The van der Waals surface area contributed by atoms with Gasteiger partial charge in [0.1, 0.15) is 0 Å². The van der Waals surface area contributed by atoms with E-state index in [2.05, 4.69) is 21.2 Å². The van der Waals surface area contributed by atoms with Crippen molar-refractivity contribution in [1.29, 1.82) is 0 Å². The summed E-state index contributed by atoms with van der Waals surface area (Å²) in [5, 5.41) is 2.64. The molecule has 6 heteroatoms. The van der Waals surface area contributed by atoms with Crippen LogP contribution in [0.5, 0.6) is 0 Å². The van der Waals surface area contributed by atoms with Gasteiger partial charge in [0, 0.05) is 23.8 Å². The molecule has 0 bridgehead atoms. The lowest BCUT2D eigenvalue weighted by Gasteiger charge is -2.17. The van der Waals surface area contributed by atoms with E-state index in [1.165, 1.54) is 4.90 Å². The minimum atomic E-state index is -0.278. The fourth-order valence-electron chi connectivity index (χ4n) is 1.46. The van der Waals surface area contributed by atoms with Gasteiger partial charge in [-0.15, -0.1) is 0 Å². The Hall–Kier alpha value is -1.56. The number of amides is 2. The molecule has 0 spiro atoms. The van der Waals surface area contributed by atoms with Gasteiger partial charge in [0.15, 0.2) is 0 Å². The Balaban J connectivity index is 2.80. The van der Waals surface area contributed by atoms with Crippen LogP contribution in [-0.4, -0.2) is 36.9 Å². The van der Waals surface area contributed by atoms with Gasteiger partial charge in [-0.1, -0.05) is 15.9 Å². The van der Waals surface area contributed by atoms with Crippen molar-refractivity contribution in [3.63, 3.8) is 0 Å². The van der Waals surface area contributed by atoms with Crippen LogP contribution in [0.4, 0.5) is 5.69 Å². The number of nitrogens with zero attached hydrogens (tertiary/aromatic N) is 1. The summed E-state index contributed by atoms with van der Waals surface area (Å²) in [6, 6.07) is 5.05. The molecule has 0 heterocycles. The molecule has 98 valence electrons. The molecule has 0 aliphatic rings. The van der Waals surface area contributed by atoms with Crippen LogP contribution in [-0.2, 0) is 4.79 Å². The summed E-state index contributed by atoms with van der Waals surface area (Å²) < 4.78 is 0.770. The number of carbonyl (C=O) groups excluding carboxylic acids is 2. The molecule has 5 nitrogen and oxygen atoms in total. The molecule has 0 saturated heterocycles. The molecule has 3 N–H and O–H groups in total. The Morgan fingerprint density at radius 3 is 2.72 bits per heavy atom. The Kier molecular flexibility index (Phi) is 5.15. The Morgan fingerprint density at radius 1 is 1.44 bits per heavy atom. The first-order chi connectivity index (χ1) is 8.45. The summed E-state index contributed by atoms with van der Waals surface area (Å²) in [5.74, 6) is -0.470. The van der Waals surface area contributed by atoms with Gasteiger partial charge in [0.05, 0.1) is 12.1 Å². The monoisotopic (exact) mass is 313 g/mol. The van der Waals surface area contributed by atoms with Crippen LogP contribution in [0.1, 0.15) is 17.3 Å². The van der Waals surface area contributed by atoms with E-state index < -0.39 is 0 Å². The van der Waals surface area contributed by atoms with Crippen LogP contribution in [0.25, 0.3) is 0 Å². The highest BCUT2D eigenvalue weighted by Gasteiger charge is 2.17. The zero-order chi connectivity index (χ0) is 13.7. The zero-order valence-corrected chi connectivity index (χ0v) is 12.0. The molecule has 0 aliphatic carbocycles. The van der Waals surface area contributed by atoms with Crippen LogP contribution in [0.2, 0.25) is 0 Å². The molecule has 2 amide bonds. The van der Waals surface area contributed by atoms with Gasteiger partial charge < -0.3 is 16.0 Å². The van der Waals surface area contributed by atoms with Crippen molar-refractivity contribution in [1.82, 2.24) is 10.2 Å². The number of benzene rings is 1. The summed E-state index contributed by atoms with van der Waals surface area (Å²) in [5.41, 5.74) is 6.53. The molecule has 0 fully saturated rings. The summed E-state index contributed by atoms with van der Waals surface area (Å²) in [4.78, 5) is 24.8. The highest BCUT2D eigenvalue weighted by molar-refractivity contribution is 9.10. The maximum atomic E-state index is 12.1. The highest BCUT2D eigenvalue weighted by Crippen LogP contribution is 2.19. The van der Waals surface area contributed by atoms with E-state index in [0.29, 0.717) is 17.8 Å². The van der Waals surface area contributed by atoms with Gasteiger partial charge in [-0.05, 0) is 25.1 Å². The average Bonchev–Trinajstić information content (AvgIpc) is 2.31. The summed E-state index contributed by atoms with van der Waals surface area (Å²) in [6.45, 7) is 2.38. The van der Waals surface area contributed by atoms with Gasteiger partial charge in [-0.25, -0.2) is 0 Å². The molecule has 0 unspecified atom stereocenters. The lowest BCUT2D eigenvalue weighted by Crippen LogP contribution is -2.38. The van der Waals surface area contributed by atoms with E-state index >= 15 is 0 Å². The number of hydrogen-bond acceptors (Lipinski definition) is 3. The Bertz CT molecular complexity index is 463. The number of anilines is 1. The van der Waals surface area contributed by atoms with E-state index in [0.717, 1.165) is 4.47 Å². The lowest BCUT2D eigenvalue weighted by atomic mass is 10.1. The first kappa shape index (κ1) is 14.5. The van der Waals surface area contributed by atoms with E-state index in [-0.39, 0.29) is 18.4 Å². The molecule has 0 aromatic heterocycles. The van der Waals surface area contributed by atoms with Gasteiger partial charge in [0.2, 0.25) is 5.91 Å². The van der Waals surface area contributed by atoms with Crippen LogP contribution in [0.15, 0.2) is 22.7 Å². The first-order valence-electron chi connectivity index (χ1n) is 5.53. The number of nitrogen functional groups attached to an aromatic ring is 1. The number of hydrogen-bond donors (Lipinski definition) is 2. The van der Waals surface area contributed by atoms with Crippen molar-refractivity contribution in [2.24, 2.45) is 0 Å². The second kappa shape index (κ2) is 6.39. The number of halogens is 1. The van der Waals surface area contributed by atoms with Crippen LogP contribution in [0, 0.1) is 0 Å². The van der Waals surface area contributed by atoms with E-state index in [9.17, 15) is 9.59 Å². The predicted octanol–water partition coefficient (Wildman–Crippen LogP) is 1.24. The maximum absolute atomic E-state index is 12.1. The molecule has 0 aliphatic heterocycles. The smallest absolute Gasteiger partial charge is 0.256 e. The topological polar surface area (TPSA) is 75.4 Å². The molecular weight excluding hydrogens is 298 g/mol. The second-order valence-corrected chi connectivity index (χ2v) is 4.76.